The van der Waals surface area contributed by atoms with Crippen LogP contribution in [0.15, 0.2) is 42.7 Å². The van der Waals surface area contributed by atoms with Gasteiger partial charge in [0, 0.05) is 31.4 Å². The normalized spacial score (nSPS) is 14.9. The SMILES string of the molecule is Cc1ccn(-c2ccc(N3CCC(C(=O)Nc4ccc(Cl)cn4)CC3)nn2)n1. The van der Waals surface area contributed by atoms with E-state index in [0.717, 1.165) is 37.4 Å². The molecule has 4 heterocycles. The first-order valence-electron chi connectivity index (χ1n) is 9.12. The number of rotatable bonds is 4. The fraction of sp³-hybridized carbons (Fsp3) is 0.316. The van der Waals surface area contributed by atoms with Crippen LogP contribution in [0.2, 0.25) is 5.02 Å². The molecule has 0 saturated carbocycles. The molecule has 3 aromatic rings. The van der Waals surface area contributed by atoms with Crippen molar-refractivity contribution in [2.45, 2.75) is 19.8 Å². The second kappa shape index (κ2) is 7.93. The van der Waals surface area contributed by atoms with Crippen LogP contribution in [0.4, 0.5) is 11.6 Å². The lowest BCUT2D eigenvalue weighted by atomic mass is 9.96. The molecule has 28 heavy (non-hydrogen) atoms. The Kier molecular flexibility index (Phi) is 5.21. The fourth-order valence-corrected chi connectivity index (χ4v) is 3.31. The smallest absolute Gasteiger partial charge is 0.228 e. The van der Waals surface area contributed by atoms with Gasteiger partial charge in [0.25, 0.3) is 0 Å². The molecule has 1 aliphatic rings. The number of nitrogens with zero attached hydrogens (tertiary/aromatic N) is 6. The third-order valence-corrected chi connectivity index (χ3v) is 4.99. The van der Waals surface area contributed by atoms with E-state index in [1.165, 1.54) is 6.20 Å². The van der Waals surface area contributed by atoms with E-state index in [1.54, 1.807) is 16.8 Å². The number of aryl methyl sites for hydroxylation is 1. The second-order valence-electron chi connectivity index (χ2n) is 6.76. The number of aromatic nitrogens is 5. The number of hydrogen-bond acceptors (Lipinski definition) is 6. The first-order chi connectivity index (χ1) is 13.6. The van der Waals surface area contributed by atoms with Gasteiger partial charge in [-0.15, -0.1) is 10.2 Å². The molecular weight excluding hydrogens is 378 g/mol. The summed E-state index contributed by atoms with van der Waals surface area (Å²) in [5.74, 6) is 1.96. The van der Waals surface area contributed by atoms with E-state index in [9.17, 15) is 4.79 Å². The predicted molar refractivity (Wildman–Crippen MR) is 107 cm³/mol. The first kappa shape index (κ1) is 18.4. The Labute approximate surface area is 167 Å². The Balaban J connectivity index is 1.33. The Morgan fingerprint density at radius 3 is 2.46 bits per heavy atom. The molecule has 0 aliphatic carbocycles. The number of hydrogen-bond donors (Lipinski definition) is 1. The van der Waals surface area contributed by atoms with E-state index in [1.807, 2.05) is 31.3 Å². The topological polar surface area (TPSA) is 88.8 Å². The molecule has 1 N–H and O–H groups in total. The summed E-state index contributed by atoms with van der Waals surface area (Å²) in [5, 5.41) is 16.3. The zero-order valence-electron chi connectivity index (χ0n) is 15.4. The molecule has 0 bridgehead atoms. The second-order valence-corrected chi connectivity index (χ2v) is 7.20. The molecule has 1 amide bonds. The summed E-state index contributed by atoms with van der Waals surface area (Å²) in [6.45, 7) is 3.43. The van der Waals surface area contributed by atoms with E-state index < -0.39 is 0 Å². The Hall–Kier alpha value is -3.00. The van der Waals surface area contributed by atoms with Crippen molar-refractivity contribution in [3.05, 3.63) is 53.4 Å². The molecular formula is C19H20ClN7O. The summed E-state index contributed by atoms with van der Waals surface area (Å²) < 4.78 is 1.70. The number of carbonyl (C=O) groups excluding carboxylic acids is 1. The predicted octanol–water partition coefficient (Wildman–Crippen LogP) is 2.87. The van der Waals surface area contributed by atoms with Gasteiger partial charge in [0.2, 0.25) is 5.91 Å². The van der Waals surface area contributed by atoms with Crippen molar-refractivity contribution in [2.24, 2.45) is 5.92 Å². The van der Waals surface area contributed by atoms with Crippen LogP contribution in [0.25, 0.3) is 5.82 Å². The van der Waals surface area contributed by atoms with E-state index in [2.05, 4.69) is 30.5 Å². The number of piperidine rings is 1. The van der Waals surface area contributed by atoms with Gasteiger partial charge in [0.05, 0.1) is 10.7 Å². The third kappa shape index (κ3) is 4.12. The minimum Gasteiger partial charge on any atom is -0.355 e. The van der Waals surface area contributed by atoms with Gasteiger partial charge in [0.1, 0.15) is 5.82 Å². The highest BCUT2D eigenvalue weighted by atomic mass is 35.5. The minimum absolute atomic E-state index is 0.00930. The average Bonchev–Trinajstić information content (AvgIpc) is 3.16. The summed E-state index contributed by atoms with van der Waals surface area (Å²) in [5.41, 5.74) is 0.931. The van der Waals surface area contributed by atoms with Gasteiger partial charge >= 0.3 is 0 Å². The molecule has 1 fully saturated rings. The molecule has 0 aromatic carbocycles. The monoisotopic (exact) mass is 397 g/mol. The molecule has 144 valence electrons. The van der Waals surface area contributed by atoms with Gasteiger partial charge in [-0.1, -0.05) is 11.6 Å². The lowest BCUT2D eigenvalue weighted by Crippen LogP contribution is -2.38. The Morgan fingerprint density at radius 2 is 1.86 bits per heavy atom. The Morgan fingerprint density at radius 1 is 1.11 bits per heavy atom. The number of anilines is 2. The fourth-order valence-electron chi connectivity index (χ4n) is 3.20. The molecule has 0 atom stereocenters. The largest absolute Gasteiger partial charge is 0.355 e. The van der Waals surface area contributed by atoms with Crippen LogP contribution in [0.1, 0.15) is 18.5 Å². The van der Waals surface area contributed by atoms with E-state index in [4.69, 9.17) is 11.6 Å². The van der Waals surface area contributed by atoms with Gasteiger partial charge in [-0.25, -0.2) is 9.67 Å². The molecule has 8 nitrogen and oxygen atoms in total. The van der Waals surface area contributed by atoms with Crippen molar-refractivity contribution >= 4 is 29.1 Å². The molecule has 3 aromatic heterocycles. The quantitative estimate of drug-likeness (QED) is 0.728. The lowest BCUT2D eigenvalue weighted by molar-refractivity contribution is -0.120. The van der Waals surface area contributed by atoms with E-state index in [-0.39, 0.29) is 11.8 Å². The highest BCUT2D eigenvalue weighted by Crippen LogP contribution is 2.23. The molecule has 9 heteroatoms. The first-order valence-corrected chi connectivity index (χ1v) is 9.50. The average molecular weight is 398 g/mol. The van der Waals surface area contributed by atoms with Gasteiger partial charge in [0.15, 0.2) is 11.6 Å². The third-order valence-electron chi connectivity index (χ3n) is 4.76. The summed E-state index contributed by atoms with van der Waals surface area (Å²) in [6.07, 6.45) is 4.88. The zero-order chi connectivity index (χ0) is 19.5. The van der Waals surface area contributed by atoms with Crippen LogP contribution in [0.5, 0.6) is 0 Å². The lowest BCUT2D eigenvalue weighted by Gasteiger charge is -2.31. The number of halogens is 1. The molecule has 0 radical (unpaired) electrons. The number of carbonyl (C=O) groups is 1. The van der Waals surface area contributed by atoms with Crippen LogP contribution < -0.4 is 10.2 Å². The van der Waals surface area contributed by atoms with Crippen LogP contribution in [-0.4, -0.2) is 44.0 Å². The minimum atomic E-state index is -0.0481. The van der Waals surface area contributed by atoms with Crippen molar-refractivity contribution in [3.63, 3.8) is 0 Å². The Bertz CT molecular complexity index is 947. The van der Waals surface area contributed by atoms with Crippen LogP contribution in [0.3, 0.4) is 0 Å². The van der Waals surface area contributed by atoms with Gasteiger partial charge < -0.3 is 10.2 Å². The van der Waals surface area contributed by atoms with Crippen molar-refractivity contribution in [1.82, 2.24) is 25.0 Å². The van der Waals surface area contributed by atoms with Crippen molar-refractivity contribution in [1.29, 1.82) is 0 Å². The standard InChI is InChI=1S/C19H20ClN7O/c1-13-6-11-27(25-13)18-5-4-17(23-24-18)26-9-7-14(8-10-26)19(28)22-16-3-2-15(20)12-21-16/h2-6,11-12,14H,7-10H2,1H3,(H,21,22,28). The number of amides is 1. The molecule has 1 saturated heterocycles. The van der Waals surface area contributed by atoms with Crippen LogP contribution in [-0.2, 0) is 4.79 Å². The van der Waals surface area contributed by atoms with Gasteiger partial charge in [-0.3, -0.25) is 4.79 Å². The maximum Gasteiger partial charge on any atom is 0.228 e. The molecule has 4 rings (SSSR count). The van der Waals surface area contributed by atoms with Crippen molar-refractivity contribution in [3.8, 4) is 5.82 Å². The molecule has 1 aliphatic heterocycles. The van der Waals surface area contributed by atoms with Crippen molar-refractivity contribution in [2.75, 3.05) is 23.3 Å². The van der Waals surface area contributed by atoms with E-state index >= 15 is 0 Å². The van der Waals surface area contributed by atoms with Gasteiger partial charge in [-0.2, -0.15) is 5.10 Å². The van der Waals surface area contributed by atoms with Crippen molar-refractivity contribution < 1.29 is 4.79 Å². The summed E-state index contributed by atoms with van der Waals surface area (Å²) >= 11 is 5.82. The van der Waals surface area contributed by atoms with Crippen LogP contribution in [0, 0.1) is 12.8 Å². The summed E-state index contributed by atoms with van der Waals surface area (Å²) in [6, 6.07) is 9.18. The molecule has 0 spiro atoms. The number of nitrogens with one attached hydrogen (secondary N) is 1. The van der Waals surface area contributed by atoms with Gasteiger partial charge in [-0.05, 0) is 50.1 Å². The maximum absolute atomic E-state index is 12.5. The molecule has 0 unspecified atom stereocenters. The van der Waals surface area contributed by atoms with E-state index in [0.29, 0.717) is 16.7 Å². The number of pyridine rings is 1. The summed E-state index contributed by atoms with van der Waals surface area (Å²) in [7, 11) is 0. The summed E-state index contributed by atoms with van der Waals surface area (Å²) in [4.78, 5) is 18.7. The zero-order valence-corrected chi connectivity index (χ0v) is 16.2. The highest BCUT2D eigenvalue weighted by Gasteiger charge is 2.26. The maximum atomic E-state index is 12.5. The van der Waals surface area contributed by atoms with Crippen LogP contribution >= 0.6 is 11.6 Å². The highest BCUT2D eigenvalue weighted by molar-refractivity contribution is 6.30.